The van der Waals surface area contributed by atoms with Crippen LogP contribution < -0.4 is 0 Å². The van der Waals surface area contributed by atoms with Crippen LogP contribution in [0.25, 0.3) is 11.1 Å². The van der Waals surface area contributed by atoms with Gasteiger partial charge < -0.3 is 0 Å². The molecule has 0 amide bonds. The van der Waals surface area contributed by atoms with Gasteiger partial charge in [0.05, 0.1) is 4.90 Å². The normalized spacial score (nSPS) is 11.4. The predicted octanol–water partition coefficient (Wildman–Crippen LogP) is 3.42. The molecule has 0 spiro atoms. The Morgan fingerprint density at radius 3 is 2.24 bits per heavy atom. The summed E-state index contributed by atoms with van der Waals surface area (Å²) in [5.41, 5.74) is 0.819. The van der Waals surface area contributed by atoms with Crippen LogP contribution in [0.2, 0.25) is 0 Å². The van der Waals surface area contributed by atoms with Crippen molar-refractivity contribution in [3.63, 3.8) is 0 Å². The molecule has 88 valence electrons. The minimum Gasteiger partial charge on any atom is -0.207 e. The van der Waals surface area contributed by atoms with E-state index in [1.54, 1.807) is 30.3 Å². The molecule has 0 N–H and O–H groups in total. The summed E-state index contributed by atoms with van der Waals surface area (Å²) in [6.07, 6.45) is 0. The van der Waals surface area contributed by atoms with Crippen molar-refractivity contribution in [3.05, 3.63) is 54.3 Å². The quantitative estimate of drug-likeness (QED) is 0.784. The van der Waals surface area contributed by atoms with Gasteiger partial charge in [0.15, 0.2) is 0 Å². The Labute approximate surface area is 103 Å². The topological polar surface area (TPSA) is 34.1 Å². The Morgan fingerprint density at radius 1 is 1.00 bits per heavy atom. The lowest BCUT2D eigenvalue weighted by Gasteiger charge is -2.05. The third-order valence-electron chi connectivity index (χ3n) is 2.30. The zero-order valence-corrected chi connectivity index (χ0v) is 10.2. The Hall–Kier alpha value is -1.39. The highest BCUT2D eigenvalue weighted by Gasteiger charge is 2.13. The maximum Gasteiger partial charge on any atom is 0.261 e. The van der Waals surface area contributed by atoms with Gasteiger partial charge in [0.25, 0.3) is 9.05 Å². The van der Waals surface area contributed by atoms with Gasteiger partial charge in [-0.25, -0.2) is 12.8 Å². The lowest BCUT2D eigenvalue weighted by Crippen LogP contribution is -1.93. The van der Waals surface area contributed by atoms with Crippen LogP contribution in [0.5, 0.6) is 0 Å². The molecule has 2 rings (SSSR count). The summed E-state index contributed by atoms with van der Waals surface area (Å²) >= 11 is 0. The van der Waals surface area contributed by atoms with Crippen molar-refractivity contribution in [1.82, 2.24) is 0 Å². The van der Waals surface area contributed by atoms with Crippen molar-refractivity contribution < 1.29 is 12.8 Å². The maximum absolute atomic E-state index is 13.6. The van der Waals surface area contributed by atoms with E-state index in [1.807, 2.05) is 0 Å². The minimum absolute atomic E-state index is 0.112. The average Bonchev–Trinajstić information content (AvgIpc) is 2.29. The first-order valence-electron chi connectivity index (χ1n) is 4.78. The summed E-state index contributed by atoms with van der Waals surface area (Å²) in [6, 6.07) is 12.2. The van der Waals surface area contributed by atoms with Crippen molar-refractivity contribution in [2.24, 2.45) is 0 Å². The van der Waals surface area contributed by atoms with Crippen molar-refractivity contribution in [2.45, 2.75) is 4.90 Å². The fourth-order valence-electron chi connectivity index (χ4n) is 1.49. The smallest absolute Gasteiger partial charge is 0.207 e. The number of benzene rings is 2. The van der Waals surface area contributed by atoms with Crippen LogP contribution in [0.3, 0.4) is 0 Å². The summed E-state index contributed by atoms with van der Waals surface area (Å²) in [7, 11) is 1.38. The van der Waals surface area contributed by atoms with Crippen LogP contribution in [0.4, 0.5) is 4.39 Å². The molecule has 5 heteroatoms. The third kappa shape index (κ3) is 2.65. The van der Waals surface area contributed by atoms with Crippen LogP contribution in [-0.4, -0.2) is 8.42 Å². The first-order valence-corrected chi connectivity index (χ1v) is 7.09. The first-order chi connectivity index (χ1) is 7.98. The zero-order chi connectivity index (χ0) is 12.5. The van der Waals surface area contributed by atoms with Gasteiger partial charge in [-0.15, -0.1) is 0 Å². The number of hydrogen-bond donors (Lipinski definition) is 0. The average molecular weight is 271 g/mol. The van der Waals surface area contributed by atoms with E-state index in [1.165, 1.54) is 6.07 Å². The van der Waals surface area contributed by atoms with E-state index in [0.29, 0.717) is 5.56 Å². The Bertz CT molecular complexity index is 639. The molecule has 0 atom stereocenters. The van der Waals surface area contributed by atoms with Gasteiger partial charge in [-0.3, -0.25) is 0 Å². The van der Waals surface area contributed by atoms with Crippen LogP contribution in [0, 0.1) is 5.82 Å². The summed E-state index contributed by atoms with van der Waals surface area (Å²) in [5.74, 6) is -0.486. The van der Waals surface area contributed by atoms with E-state index in [9.17, 15) is 12.8 Å². The van der Waals surface area contributed by atoms with E-state index in [4.69, 9.17) is 10.7 Å². The van der Waals surface area contributed by atoms with Gasteiger partial charge in [-0.1, -0.05) is 30.3 Å². The summed E-state index contributed by atoms with van der Waals surface area (Å²) < 4.78 is 35.9. The highest BCUT2D eigenvalue weighted by atomic mass is 35.7. The van der Waals surface area contributed by atoms with E-state index in [-0.39, 0.29) is 10.5 Å². The molecular formula is C12H8ClFO2S. The van der Waals surface area contributed by atoms with Gasteiger partial charge in [-0.2, -0.15) is 0 Å². The van der Waals surface area contributed by atoms with E-state index < -0.39 is 14.9 Å². The second-order valence-electron chi connectivity index (χ2n) is 3.45. The van der Waals surface area contributed by atoms with Crippen LogP contribution in [0.1, 0.15) is 0 Å². The number of halogens is 2. The van der Waals surface area contributed by atoms with Crippen molar-refractivity contribution in [3.8, 4) is 11.1 Å². The summed E-state index contributed by atoms with van der Waals surface area (Å²) in [5, 5.41) is 0. The largest absolute Gasteiger partial charge is 0.261 e. The highest BCUT2D eigenvalue weighted by Crippen LogP contribution is 2.26. The van der Waals surface area contributed by atoms with E-state index in [0.717, 1.165) is 12.1 Å². The summed E-state index contributed by atoms with van der Waals surface area (Å²) in [4.78, 5) is -0.112. The molecular weight excluding hydrogens is 263 g/mol. The predicted molar refractivity (Wildman–Crippen MR) is 64.9 cm³/mol. The molecule has 17 heavy (non-hydrogen) atoms. The van der Waals surface area contributed by atoms with Gasteiger partial charge in [0.1, 0.15) is 5.82 Å². The van der Waals surface area contributed by atoms with Crippen LogP contribution in [-0.2, 0) is 9.05 Å². The van der Waals surface area contributed by atoms with E-state index >= 15 is 0 Å². The summed E-state index contributed by atoms with van der Waals surface area (Å²) in [6.45, 7) is 0. The molecule has 0 saturated carbocycles. The maximum atomic E-state index is 13.6. The fraction of sp³-hybridized carbons (Fsp3) is 0. The molecule has 0 bridgehead atoms. The molecule has 2 aromatic rings. The lowest BCUT2D eigenvalue weighted by molar-refractivity contribution is 0.608. The second kappa shape index (κ2) is 4.47. The van der Waals surface area contributed by atoms with Crippen molar-refractivity contribution in [1.29, 1.82) is 0 Å². The Morgan fingerprint density at radius 2 is 1.65 bits per heavy atom. The molecule has 2 nitrogen and oxygen atoms in total. The van der Waals surface area contributed by atoms with Crippen LogP contribution in [0.15, 0.2) is 53.4 Å². The molecule has 2 aromatic carbocycles. The molecule has 0 saturated heterocycles. The molecule has 0 fully saturated rings. The second-order valence-corrected chi connectivity index (χ2v) is 6.01. The van der Waals surface area contributed by atoms with Gasteiger partial charge in [-0.05, 0) is 23.8 Å². The van der Waals surface area contributed by atoms with Gasteiger partial charge in [0.2, 0.25) is 0 Å². The lowest BCUT2D eigenvalue weighted by atomic mass is 10.1. The molecule has 0 aliphatic rings. The molecule has 0 heterocycles. The molecule has 0 aliphatic carbocycles. The number of rotatable bonds is 2. The Kier molecular flexibility index (Phi) is 3.17. The molecule has 0 aliphatic heterocycles. The SMILES string of the molecule is O=S(=O)(Cl)c1ccc(F)c(-c2ccccc2)c1. The highest BCUT2D eigenvalue weighted by molar-refractivity contribution is 8.13. The fourth-order valence-corrected chi connectivity index (χ4v) is 2.27. The number of hydrogen-bond acceptors (Lipinski definition) is 2. The third-order valence-corrected chi connectivity index (χ3v) is 3.66. The van der Waals surface area contributed by atoms with E-state index in [2.05, 4.69) is 0 Å². The first kappa shape index (κ1) is 12.1. The van der Waals surface area contributed by atoms with Crippen LogP contribution >= 0.6 is 10.7 Å². The van der Waals surface area contributed by atoms with Crippen molar-refractivity contribution in [2.75, 3.05) is 0 Å². The molecule has 0 unspecified atom stereocenters. The zero-order valence-electron chi connectivity index (χ0n) is 8.60. The van der Waals surface area contributed by atoms with Crippen molar-refractivity contribution >= 4 is 19.7 Å². The molecule has 0 aromatic heterocycles. The molecule has 0 radical (unpaired) electrons. The van der Waals surface area contributed by atoms with Gasteiger partial charge >= 0.3 is 0 Å². The standard InChI is InChI=1S/C12H8ClFO2S/c13-17(15,16)10-6-7-12(14)11(8-10)9-4-2-1-3-5-9/h1-8H. The van der Waals surface area contributed by atoms with Gasteiger partial charge in [0, 0.05) is 16.2 Å². The minimum atomic E-state index is -3.84. The monoisotopic (exact) mass is 270 g/mol. The Balaban J connectivity index is 2.63.